The minimum atomic E-state index is 0.000657. The van der Waals surface area contributed by atoms with E-state index in [1.54, 1.807) is 6.07 Å². The van der Waals surface area contributed by atoms with Gasteiger partial charge in [-0.3, -0.25) is 9.69 Å². The van der Waals surface area contributed by atoms with E-state index in [1.165, 1.54) is 24.6 Å². The third-order valence-corrected chi connectivity index (χ3v) is 3.68. The summed E-state index contributed by atoms with van der Waals surface area (Å²) in [5.74, 6) is 0. The fraction of sp³-hybridized carbons (Fsp3) is 0.400. The molecular weight excluding hydrogens is 224 g/mol. The summed E-state index contributed by atoms with van der Waals surface area (Å²) in [7, 11) is 0. The molecule has 0 amide bonds. The second-order valence-corrected chi connectivity index (χ2v) is 5.04. The molecule has 1 N–H and O–H groups in total. The summed E-state index contributed by atoms with van der Waals surface area (Å²) in [6, 6.07) is 9.79. The zero-order valence-corrected chi connectivity index (χ0v) is 10.5. The number of fused-ring (bicyclic) bond motifs is 1. The van der Waals surface area contributed by atoms with E-state index in [0.717, 1.165) is 30.7 Å². The number of pyridine rings is 1. The van der Waals surface area contributed by atoms with E-state index < -0.39 is 0 Å². The second kappa shape index (κ2) is 4.94. The van der Waals surface area contributed by atoms with E-state index in [4.69, 9.17) is 0 Å². The highest BCUT2D eigenvalue weighted by atomic mass is 16.1. The first kappa shape index (κ1) is 11.5. The first-order valence-electron chi connectivity index (χ1n) is 6.66. The van der Waals surface area contributed by atoms with Crippen LogP contribution in [0.3, 0.4) is 0 Å². The van der Waals surface area contributed by atoms with Crippen LogP contribution in [-0.4, -0.2) is 23.0 Å². The molecule has 2 aromatic rings. The maximum atomic E-state index is 11.7. The van der Waals surface area contributed by atoms with Gasteiger partial charge in [-0.25, -0.2) is 0 Å². The van der Waals surface area contributed by atoms with Crippen LogP contribution in [0.25, 0.3) is 10.9 Å². The summed E-state index contributed by atoms with van der Waals surface area (Å²) in [6.07, 6.45) is 3.90. The topological polar surface area (TPSA) is 36.1 Å². The number of H-pyrrole nitrogens is 1. The molecule has 2 heterocycles. The monoisotopic (exact) mass is 242 g/mol. The maximum Gasteiger partial charge on any atom is 0.248 e. The van der Waals surface area contributed by atoms with Gasteiger partial charge >= 0.3 is 0 Å². The largest absolute Gasteiger partial charge is 0.322 e. The highest BCUT2D eigenvalue weighted by Gasteiger charge is 2.12. The van der Waals surface area contributed by atoms with Gasteiger partial charge in [0.15, 0.2) is 0 Å². The van der Waals surface area contributed by atoms with Crippen LogP contribution in [0, 0.1) is 0 Å². The van der Waals surface area contributed by atoms with Crippen LogP contribution in [0.15, 0.2) is 35.1 Å². The van der Waals surface area contributed by atoms with Crippen LogP contribution < -0.4 is 5.56 Å². The van der Waals surface area contributed by atoms with E-state index in [1.807, 2.05) is 18.2 Å². The number of rotatable bonds is 2. The zero-order valence-electron chi connectivity index (χ0n) is 10.5. The number of likely N-dealkylation sites (tertiary alicyclic amines) is 1. The number of aromatic amines is 1. The van der Waals surface area contributed by atoms with Gasteiger partial charge in [0, 0.05) is 23.5 Å². The van der Waals surface area contributed by atoms with Crippen molar-refractivity contribution in [2.75, 3.05) is 13.1 Å². The van der Waals surface area contributed by atoms with Crippen LogP contribution in [0.4, 0.5) is 0 Å². The van der Waals surface area contributed by atoms with Gasteiger partial charge in [0.05, 0.1) is 0 Å². The third-order valence-electron chi connectivity index (χ3n) is 3.68. The molecule has 18 heavy (non-hydrogen) atoms. The molecule has 1 aliphatic rings. The number of para-hydroxylation sites is 1. The molecule has 1 saturated heterocycles. The quantitative estimate of drug-likeness (QED) is 0.878. The van der Waals surface area contributed by atoms with E-state index in [-0.39, 0.29) is 5.56 Å². The lowest BCUT2D eigenvalue weighted by Gasteiger charge is -2.26. The maximum absolute atomic E-state index is 11.7. The summed E-state index contributed by atoms with van der Waals surface area (Å²) in [4.78, 5) is 17.0. The highest BCUT2D eigenvalue weighted by molar-refractivity contribution is 5.81. The first-order valence-corrected chi connectivity index (χ1v) is 6.66. The molecule has 0 unspecified atom stereocenters. The number of hydrogen-bond acceptors (Lipinski definition) is 2. The minimum absolute atomic E-state index is 0.000657. The normalized spacial score (nSPS) is 17.1. The standard InChI is InChI=1S/C15H18N2O/c18-15-10-12(11-17-8-4-1-5-9-17)13-6-2-3-7-14(13)16-15/h2-3,6-7,10H,1,4-5,8-9,11H2,(H,16,18). The van der Waals surface area contributed by atoms with Crippen molar-refractivity contribution in [3.63, 3.8) is 0 Å². The summed E-state index contributed by atoms with van der Waals surface area (Å²) in [6.45, 7) is 3.20. The Bertz CT molecular complexity index is 597. The average molecular weight is 242 g/mol. The van der Waals surface area contributed by atoms with Crippen molar-refractivity contribution in [3.05, 3.63) is 46.2 Å². The van der Waals surface area contributed by atoms with Gasteiger partial charge in [0.2, 0.25) is 5.56 Å². The van der Waals surface area contributed by atoms with Gasteiger partial charge in [-0.2, -0.15) is 0 Å². The predicted molar refractivity (Wildman–Crippen MR) is 73.7 cm³/mol. The molecule has 94 valence electrons. The van der Waals surface area contributed by atoms with Crippen molar-refractivity contribution in [1.82, 2.24) is 9.88 Å². The molecule has 1 aromatic carbocycles. The third kappa shape index (κ3) is 2.31. The lowest BCUT2D eigenvalue weighted by atomic mass is 10.1. The summed E-state index contributed by atoms with van der Waals surface area (Å²) in [5, 5.41) is 1.17. The lowest BCUT2D eigenvalue weighted by molar-refractivity contribution is 0.221. The van der Waals surface area contributed by atoms with Crippen molar-refractivity contribution in [3.8, 4) is 0 Å². The molecule has 0 radical (unpaired) electrons. The van der Waals surface area contributed by atoms with Gasteiger partial charge in [0.1, 0.15) is 0 Å². The summed E-state index contributed by atoms with van der Waals surface area (Å²) >= 11 is 0. The number of piperidine rings is 1. The van der Waals surface area contributed by atoms with E-state index in [9.17, 15) is 4.79 Å². The van der Waals surface area contributed by atoms with Crippen LogP contribution in [0.1, 0.15) is 24.8 Å². The van der Waals surface area contributed by atoms with E-state index in [0.29, 0.717) is 0 Å². The molecular formula is C15H18N2O. The molecule has 0 atom stereocenters. The average Bonchev–Trinajstić information content (AvgIpc) is 2.40. The molecule has 0 saturated carbocycles. The molecule has 1 fully saturated rings. The number of nitrogens with one attached hydrogen (secondary N) is 1. The van der Waals surface area contributed by atoms with Crippen molar-refractivity contribution >= 4 is 10.9 Å². The van der Waals surface area contributed by atoms with Crippen LogP contribution >= 0.6 is 0 Å². The molecule has 3 rings (SSSR count). The molecule has 1 aliphatic heterocycles. The lowest BCUT2D eigenvalue weighted by Crippen LogP contribution is -2.29. The zero-order chi connectivity index (χ0) is 12.4. The highest BCUT2D eigenvalue weighted by Crippen LogP contribution is 2.18. The number of aromatic nitrogens is 1. The minimum Gasteiger partial charge on any atom is -0.322 e. The Hall–Kier alpha value is -1.61. The fourth-order valence-electron chi connectivity index (χ4n) is 2.77. The van der Waals surface area contributed by atoms with Crippen LogP contribution in [-0.2, 0) is 6.54 Å². The molecule has 0 aliphatic carbocycles. The molecule has 1 aromatic heterocycles. The Balaban J connectivity index is 1.97. The van der Waals surface area contributed by atoms with Crippen LogP contribution in [0.2, 0.25) is 0 Å². The van der Waals surface area contributed by atoms with Gasteiger partial charge in [-0.15, -0.1) is 0 Å². The van der Waals surface area contributed by atoms with Gasteiger partial charge in [-0.05, 0) is 37.6 Å². The van der Waals surface area contributed by atoms with Crippen molar-refractivity contribution < 1.29 is 0 Å². The fourth-order valence-corrected chi connectivity index (χ4v) is 2.77. The first-order chi connectivity index (χ1) is 8.83. The Morgan fingerprint density at radius 3 is 2.72 bits per heavy atom. The number of hydrogen-bond donors (Lipinski definition) is 1. The summed E-state index contributed by atoms with van der Waals surface area (Å²) in [5.41, 5.74) is 2.09. The molecule has 0 bridgehead atoms. The number of benzene rings is 1. The van der Waals surface area contributed by atoms with Gasteiger partial charge < -0.3 is 4.98 Å². The number of nitrogens with zero attached hydrogens (tertiary/aromatic N) is 1. The smallest absolute Gasteiger partial charge is 0.248 e. The Morgan fingerprint density at radius 1 is 1.11 bits per heavy atom. The SMILES string of the molecule is O=c1cc(CN2CCCCC2)c2ccccc2[nH]1. The molecule has 0 spiro atoms. The van der Waals surface area contributed by atoms with Gasteiger partial charge in [-0.1, -0.05) is 24.6 Å². The van der Waals surface area contributed by atoms with E-state index >= 15 is 0 Å². The predicted octanol–water partition coefficient (Wildman–Crippen LogP) is 2.51. The van der Waals surface area contributed by atoms with Crippen molar-refractivity contribution in [2.24, 2.45) is 0 Å². The Morgan fingerprint density at radius 2 is 1.89 bits per heavy atom. The Kier molecular flexibility index (Phi) is 3.15. The Labute approximate surface area is 106 Å². The summed E-state index contributed by atoms with van der Waals surface area (Å²) < 4.78 is 0. The van der Waals surface area contributed by atoms with Gasteiger partial charge in [0.25, 0.3) is 0 Å². The molecule has 3 nitrogen and oxygen atoms in total. The van der Waals surface area contributed by atoms with Crippen molar-refractivity contribution in [1.29, 1.82) is 0 Å². The van der Waals surface area contributed by atoms with Crippen molar-refractivity contribution in [2.45, 2.75) is 25.8 Å². The van der Waals surface area contributed by atoms with E-state index in [2.05, 4.69) is 16.0 Å². The molecule has 3 heteroatoms. The van der Waals surface area contributed by atoms with Crippen LogP contribution in [0.5, 0.6) is 0 Å². The second-order valence-electron chi connectivity index (χ2n) is 5.04.